The maximum Gasteiger partial charge on any atom is 0.410 e. The Morgan fingerprint density at radius 3 is 2.37 bits per heavy atom. The molecule has 2 aliphatic heterocycles. The van der Waals surface area contributed by atoms with Crippen molar-refractivity contribution in [1.82, 2.24) is 9.80 Å². The third-order valence-corrected chi connectivity index (χ3v) is 11.1. The summed E-state index contributed by atoms with van der Waals surface area (Å²) in [5.74, 6) is -0.646. The molecule has 0 radical (unpaired) electrons. The summed E-state index contributed by atoms with van der Waals surface area (Å²) in [7, 11) is 0. The molecular formula is C41H70N2O8. The molecule has 51 heavy (non-hydrogen) atoms. The number of rotatable bonds is 11. The van der Waals surface area contributed by atoms with E-state index in [4.69, 9.17) is 14.2 Å². The van der Waals surface area contributed by atoms with Gasteiger partial charge in [0.05, 0.1) is 23.9 Å². The van der Waals surface area contributed by atoms with E-state index in [1.54, 1.807) is 37.0 Å². The molecular weight excluding hydrogens is 648 g/mol. The maximum absolute atomic E-state index is 13.5. The van der Waals surface area contributed by atoms with Crippen LogP contribution in [-0.2, 0) is 19.0 Å². The van der Waals surface area contributed by atoms with E-state index in [2.05, 4.69) is 4.90 Å². The van der Waals surface area contributed by atoms with Gasteiger partial charge in [0.25, 0.3) is 0 Å². The van der Waals surface area contributed by atoms with Gasteiger partial charge < -0.3 is 34.4 Å². The van der Waals surface area contributed by atoms with Gasteiger partial charge in [0.15, 0.2) is 6.10 Å². The number of aliphatic hydroxyl groups excluding tert-OH is 1. The molecule has 1 amide bonds. The summed E-state index contributed by atoms with van der Waals surface area (Å²) in [4.78, 5) is 30.9. The standard InChI is InChI=1S/C41H70N2O8/c1-9-35(44)33(6)49-32(5)28-40(7,47)21-14-15-30(3)38-31(4)18-19-36(41(8,48)22-20-29(2)27-37(45)51-38)50-39(46)43-25-23-42(24-26-43)34-16-12-10-11-13-17-34/h14-15,18-19,21,29,31-36,38,44,47-48H,9-13,16-17,20,22-28H2,1-8H3/b19-18+,21-14+,30-15+/t29-,31+,32+,33?,35+,36+,38-,40+,41-/m1/s1. The van der Waals surface area contributed by atoms with Crippen LogP contribution in [0.15, 0.2) is 36.0 Å². The quantitative estimate of drug-likeness (QED) is 0.0924. The fourth-order valence-electron chi connectivity index (χ4n) is 7.69. The number of aliphatic hydroxyl groups is 3. The highest BCUT2D eigenvalue weighted by molar-refractivity contribution is 5.70. The minimum atomic E-state index is -1.33. The van der Waals surface area contributed by atoms with Crippen molar-refractivity contribution in [3.8, 4) is 0 Å². The van der Waals surface area contributed by atoms with Gasteiger partial charge in [0.1, 0.15) is 11.7 Å². The van der Waals surface area contributed by atoms with Crippen LogP contribution in [0.1, 0.15) is 126 Å². The lowest BCUT2D eigenvalue weighted by molar-refractivity contribution is -0.150. The molecule has 0 aromatic rings. The van der Waals surface area contributed by atoms with Gasteiger partial charge in [0.2, 0.25) is 0 Å². The van der Waals surface area contributed by atoms with Crippen molar-refractivity contribution >= 4 is 12.1 Å². The van der Waals surface area contributed by atoms with Gasteiger partial charge in [-0.05, 0) is 84.3 Å². The van der Waals surface area contributed by atoms with Crippen molar-refractivity contribution in [3.05, 3.63) is 36.0 Å². The van der Waals surface area contributed by atoms with Crippen LogP contribution in [0.25, 0.3) is 0 Å². The molecule has 2 heterocycles. The summed E-state index contributed by atoms with van der Waals surface area (Å²) < 4.78 is 18.0. The minimum Gasteiger partial charge on any atom is -0.457 e. The molecule has 1 aliphatic carbocycles. The number of hydrogen-bond donors (Lipinski definition) is 3. The number of hydrogen-bond acceptors (Lipinski definition) is 9. The number of cyclic esters (lactones) is 1. The van der Waals surface area contributed by atoms with E-state index in [1.165, 1.54) is 38.5 Å². The van der Waals surface area contributed by atoms with Crippen molar-refractivity contribution in [3.63, 3.8) is 0 Å². The summed E-state index contributed by atoms with van der Waals surface area (Å²) in [6.45, 7) is 17.7. The topological polar surface area (TPSA) is 129 Å². The molecule has 10 heteroatoms. The van der Waals surface area contributed by atoms with Crippen LogP contribution in [0.3, 0.4) is 0 Å². The van der Waals surface area contributed by atoms with Crippen LogP contribution in [0.5, 0.6) is 0 Å². The number of piperazine rings is 1. The monoisotopic (exact) mass is 719 g/mol. The van der Waals surface area contributed by atoms with Crippen molar-refractivity contribution in [1.29, 1.82) is 0 Å². The summed E-state index contributed by atoms with van der Waals surface area (Å²) in [6, 6.07) is 0.603. The summed E-state index contributed by atoms with van der Waals surface area (Å²) in [5, 5.41) is 32.8. The van der Waals surface area contributed by atoms with Crippen LogP contribution in [-0.4, -0.2) is 111 Å². The lowest BCUT2D eigenvalue weighted by Gasteiger charge is -2.40. The summed E-state index contributed by atoms with van der Waals surface area (Å²) in [6.07, 6.45) is 15.6. The fourth-order valence-corrected chi connectivity index (χ4v) is 7.69. The number of amides is 1. The van der Waals surface area contributed by atoms with E-state index in [0.29, 0.717) is 44.8 Å². The van der Waals surface area contributed by atoms with Crippen LogP contribution >= 0.6 is 0 Å². The third-order valence-electron chi connectivity index (χ3n) is 11.1. The van der Waals surface area contributed by atoms with Gasteiger partial charge in [-0.25, -0.2) is 4.79 Å². The molecule has 292 valence electrons. The van der Waals surface area contributed by atoms with E-state index in [0.717, 1.165) is 18.7 Å². The highest BCUT2D eigenvalue weighted by Crippen LogP contribution is 2.30. The maximum atomic E-state index is 13.5. The molecule has 0 spiro atoms. The average molecular weight is 719 g/mol. The average Bonchev–Trinajstić information content (AvgIpc) is 3.36. The Morgan fingerprint density at radius 1 is 1.10 bits per heavy atom. The Balaban J connectivity index is 1.71. The SMILES string of the molecule is CC[C@H](O)C(C)O[C@@H](C)C[C@@](C)(O)/C=C/C=C(\C)[C@H]1OC(=O)C[C@H](C)CC[C@@](C)(O)[C@@H](OC(=O)N2CCN(C3CCCCCC3)CC2)/C=C/[C@@H]1C. The van der Waals surface area contributed by atoms with Gasteiger partial charge in [-0.15, -0.1) is 0 Å². The van der Waals surface area contributed by atoms with Crippen molar-refractivity contribution < 1.29 is 39.1 Å². The number of esters is 1. The number of nitrogens with zero attached hydrogens (tertiary/aromatic N) is 2. The molecule has 3 aliphatic rings. The zero-order chi connectivity index (χ0) is 37.8. The zero-order valence-corrected chi connectivity index (χ0v) is 32.9. The summed E-state index contributed by atoms with van der Waals surface area (Å²) >= 11 is 0. The third kappa shape index (κ3) is 14.3. The zero-order valence-electron chi connectivity index (χ0n) is 32.9. The van der Waals surface area contributed by atoms with Crippen molar-refractivity contribution in [2.75, 3.05) is 26.2 Å². The van der Waals surface area contributed by atoms with Crippen molar-refractivity contribution in [2.45, 2.75) is 174 Å². The summed E-state index contributed by atoms with van der Waals surface area (Å²) in [5.41, 5.74) is -1.71. The second-order valence-corrected chi connectivity index (χ2v) is 16.3. The smallest absolute Gasteiger partial charge is 0.410 e. The Morgan fingerprint density at radius 2 is 1.75 bits per heavy atom. The van der Waals surface area contributed by atoms with Crippen LogP contribution in [0.4, 0.5) is 4.79 Å². The molecule has 3 N–H and O–H groups in total. The highest BCUT2D eigenvalue weighted by atomic mass is 16.6. The van der Waals surface area contributed by atoms with E-state index >= 15 is 0 Å². The minimum absolute atomic E-state index is 0.0404. The second kappa shape index (κ2) is 20.3. The lowest BCUT2D eigenvalue weighted by atomic mass is 9.87. The molecule has 0 bridgehead atoms. The normalized spacial score (nSPS) is 32.1. The van der Waals surface area contributed by atoms with Gasteiger partial charge >= 0.3 is 12.1 Å². The first-order chi connectivity index (χ1) is 24.0. The molecule has 1 saturated carbocycles. The molecule has 0 aromatic heterocycles. The Kier molecular flexibility index (Phi) is 17.2. The predicted octanol–water partition coefficient (Wildman–Crippen LogP) is 6.72. The molecule has 1 saturated heterocycles. The predicted molar refractivity (Wildman–Crippen MR) is 201 cm³/mol. The Labute approximate surface area is 308 Å². The molecule has 9 atom stereocenters. The lowest BCUT2D eigenvalue weighted by Crippen LogP contribution is -2.53. The first-order valence-corrected chi connectivity index (χ1v) is 19.7. The fraction of sp³-hybridized carbons (Fsp3) is 0.805. The first-order valence-electron chi connectivity index (χ1n) is 19.7. The number of carbonyl (C=O) groups excluding carboxylic acids is 2. The Hall–Kier alpha value is -2.24. The van der Waals surface area contributed by atoms with E-state index in [1.807, 2.05) is 53.7 Å². The second-order valence-electron chi connectivity index (χ2n) is 16.3. The van der Waals surface area contributed by atoms with E-state index < -0.39 is 35.6 Å². The van der Waals surface area contributed by atoms with E-state index in [-0.39, 0.29) is 36.4 Å². The van der Waals surface area contributed by atoms with Crippen molar-refractivity contribution in [2.24, 2.45) is 11.8 Å². The van der Waals surface area contributed by atoms with Gasteiger partial charge in [-0.2, -0.15) is 0 Å². The van der Waals surface area contributed by atoms with Gasteiger partial charge in [-0.3, -0.25) is 9.69 Å². The molecule has 10 nitrogen and oxygen atoms in total. The highest BCUT2D eigenvalue weighted by Gasteiger charge is 2.37. The number of carbonyl (C=O) groups is 2. The molecule has 1 unspecified atom stereocenters. The molecule has 3 rings (SSSR count). The first kappa shape index (κ1) is 43.2. The number of ether oxygens (including phenoxy) is 3. The largest absolute Gasteiger partial charge is 0.457 e. The van der Waals surface area contributed by atoms with Crippen LogP contribution in [0.2, 0.25) is 0 Å². The van der Waals surface area contributed by atoms with E-state index in [9.17, 15) is 24.9 Å². The Bertz CT molecular complexity index is 1170. The van der Waals surface area contributed by atoms with Crippen LogP contribution in [0, 0.1) is 11.8 Å². The molecule has 2 fully saturated rings. The van der Waals surface area contributed by atoms with Gasteiger partial charge in [-0.1, -0.05) is 70.8 Å². The van der Waals surface area contributed by atoms with Crippen LogP contribution < -0.4 is 0 Å². The van der Waals surface area contributed by atoms with Gasteiger partial charge in [0, 0.05) is 51.0 Å². The molecule has 0 aromatic carbocycles. The number of allylic oxidation sites excluding steroid dienone is 2.